The largest absolute Gasteiger partial charge is 0.349 e. The van der Waals surface area contributed by atoms with Gasteiger partial charge in [-0.3, -0.25) is 4.79 Å². The van der Waals surface area contributed by atoms with Crippen LogP contribution in [0.3, 0.4) is 0 Å². The lowest BCUT2D eigenvalue weighted by atomic mass is 9.87. The van der Waals surface area contributed by atoms with E-state index in [4.69, 9.17) is 0 Å². The fourth-order valence-electron chi connectivity index (χ4n) is 3.45. The van der Waals surface area contributed by atoms with Crippen LogP contribution in [0.15, 0.2) is 66.6 Å². The minimum atomic E-state index is -0.0321. The van der Waals surface area contributed by atoms with Gasteiger partial charge >= 0.3 is 0 Å². The van der Waals surface area contributed by atoms with Gasteiger partial charge in [0.2, 0.25) is 5.91 Å². The number of thiophene rings is 2. The molecule has 0 bridgehead atoms. The van der Waals surface area contributed by atoms with Crippen LogP contribution in [-0.4, -0.2) is 24.9 Å². The molecule has 27 heavy (non-hydrogen) atoms. The first kappa shape index (κ1) is 18.0. The third kappa shape index (κ3) is 3.31. The summed E-state index contributed by atoms with van der Waals surface area (Å²) in [5, 5.41) is 4.60. The number of carbonyl (C=O) groups is 1. The van der Waals surface area contributed by atoms with Crippen LogP contribution in [0.2, 0.25) is 0 Å². The number of rotatable bonds is 5. The van der Waals surface area contributed by atoms with Crippen LogP contribution in [0.5, 0.6) is 0 Å². The van der Waals surface area contributed by atoms with E-state index in [1.54, 1.807) is 27.6 Å². The maximum atomic E-state index is 12.6. The van der Waals surface area contributed by atoms with Gasteiger partial charge in [0.25, 0.3) is 0 Å². The minimum Gasteiger partial charge on any atom is -0.349 e. The number of hydrogen-bond donors (Lipinski definition) is 0. The Labute approximate surface area is 167 Å². The van der Waals surface area contributed by atoms with Crippen molar-refractivity contribution >= 4 is 54.3 Å². The van der Waals surface area contributed by atoms with Gasteiger partial charge in [-0.1, -0.05) is 49.0 Å². The summed E-state index contributed by atoms with van der Waals surface area (Å²) in [6.45, 7) is 4.39. The molecule has 1 atom stereocenters. The zero-order chi connectivity index (χ0) is 19.0. The molecule has 0 saturated heterocycles. The summed E-state index contributed by atoms with van der Waals surface area (Å²) in [7, 11) is 3.63. The first-order valence-electron chi connectivity index (χ1n) is 8.89. The van der Waals surface area contributed by atoms with E-state index in [2.05, 4.69) is 60.5 Å². The zero-order valence-electron chi connectivity index (χ0n) is 15.4. The number of benzene rings is 2. The summed E-state index contributed by atoms with van der Waals surface area (Å²) in [6.07, 6.45) is 0.428. The van der Waals surface area contributed by atoms with Crippen molar-refractivity contribution in [3.05, 3.63) is 77.0 Å². The average molecular weight is 392 g/mol. The van der Waals surface area contributed by atoms with Crippen molar-refractivity contribution < 1.29 is 4.79 Å². The Kier molecular flexibility index (Phi) is 4.85. The van der Waals surface area contributed by atoms with Gasteiger partial charge in [-0.05, 0) is 28.6 Å². The molecule has 0 N–H and O–H groups in total. The number of nitrogens with zero attached hydrogens (tertiary/aromatic N) is 1. The molecule has 2 aromatic heterocycles. The lowest BCUT2D eigenvalue weighted by molar-refractivity contribution is -0.128. The lowest BCUT2D eigenvalue weighted by Gasteiger charge is -2.22. The molecule has 2 aromatic carbocycles. The Morgan fingerprint density at radius 2 is 1.81 bits per heavy atom. The second-order valence-corrected chi connectivity index (χ2v) is 8.87. The van der Waals surface area contributed by atoms with E-state index >= 15 is 0 Å². The van der Waals surface area contributed by atoms with Crippen LogP contribution in [0.1, 0.15) is 22.8 Å². The maximum Gasteiger partial charge on any atom is 0.223 e. The average Bonchev–Trinajstić information content (AvgIpc) is 3.33. The summed E-state index contributed by atoms with van der Waals surface area (Å²) in [5.74, 6) is 0.0890. The van der Waals surface area contributed by atoms with Crippen LogP contribution in [0.4, 0.5) is 0 Å². The fraction of sp³-hybridized carbons (Fsp3) is 0.174. The summed E-state index contributed by atoms with van der Waals surface area (Å²) >= 11 is 3.48. The van der Waals surface area contributed by atoms with Crippen LogP contribution in [0, 0.1) is 0 Å². The van der Waals surface area contributed by atoms with Crippen molar-refractivity contribution in [1.82, 2.24) is 4.90 Å². The first-order valence-corrected chi connectivity index (χ1v) is 10.6. The number of allylic oxidation sites excluding steroid dienone is 1. The Bertz CT molecular complexity index is 1120. The minimum absolute atomic E-state index is 0.0321. The van der Waals surface area contributed by atoms with Crippen LogP contribution in [-0.2, 0) is 4.79 Å². The number of amides is 1. The highest BCUT2D eigenvalue weighted by Crippen LogP contribution is 2.43. The topological polar surface area (TPSA) is 20.3 Å². The molecular weight excluding hydrogens is 370 g/mol. The third-order valence-corrected chi connectivity index (χ3v) is 7.13. The Morgan fingerprint density at radius 3 is 2.56 bits per heavy atom. The molecule has 136 valence electrons. The Morgan fingerprint density at radius 1 is 1.04 bits per heavy atom. The second kappa shape index (κ2) is 7.29. The van der Waals surface area contributed by atoms with E-state index in [0.29, 0.717) is 6.42 Å². The van der Waals surface area contributed by atoms with Crippen molar-refractivity contribution in [3.63, 3.8) is 0 Å². The van der Waals surface area contributed by atoms with Gasteiger partial charge in [0.1, 0.15) is 0 Å². The smallest absolute Gasteiger partial charge is 0.223 e. The molecular formula is C23H21NOS2. The number of fused-ring (bicyclic) bond motifs is 3. The normalized spacial score (nSPS) is 12.4. The van der Waals surface area contributed by atoms with E-state index in [-0.39, 0.29) is 11.8 Å². The highest BCUT2D eigenvalue weighted by Gasteiger charge is 2.24. The van der Waals surface area contributed by atoms with Gasteiger partial charge in [-0.25, -0.2) is 0 Å². The molecule has 4 rings (SSSR count). The highest BCUT2D eigenvalue weighted by molar-refractivity contribution is 7.26. The van der Waals surface area contributed by atoms with Gasteiger partial charge in [-0.15, -0.1) is 22.7 Å². The number of carbonyl (C=O) groups excluding carboxylic acids is 1. The predicted octanol–water partition coefficient (Wildman–Crippen LogP) is 6.39. The number of hydrogen-bond acceptors (Lipinski definition) is 3. The zero-order valence-corrected chi connectivity index (χ0v) is 17.1. The first-order chi connectivity index (χ1) is 13.1. The third-order valence-electron chi connectivity index (χ3n) is 4.95. The quantitative estimate of drug-likeness (QED) is 0.386. The van der Waals surface area contributed by atoms with Crippen molar-refractivity contribution in [3.8, 4) is 0 Å². The molecule has 2 heterocycles. The molecule has 1 unspecified atom stereocenters. The van der Waals surface area contributed by atoms with Crippen molar-refractivity contribution in [2.45, 2.75) is 12.3 Å². The van der Waals surface area contributed by atoms with Crippen LogP contribution < -0.4 is 0 Å². The van der Waals surface area contributed by atoms with E-state index in [0.717, 1.165) is 10.5 Å². The van der Waals surface area contributed by atoms with Gasteiger partial charge < -0.3 is 4.90 Å². The van der Waals surface area contributed by atoms with E-state index in [1.807, 2.05) is 20.2 Å². The molecule has 4 heteroatoms. The fourth-order valence-corrected chi connectivity index (χ4v) is 5.48. The standard InChI is InChI=1S/C23H21NOS2/c1-15(20-12-7-13-26-20)19(14-22(25)24(2)3)18-10-6-9-17-16-8-4-5-11-21(16)27-23(17)18/h4-13,19H,1,14H2,2-3H3. The van der Waals surface area contributed by atoms with Crippen LogP contribution >= 0.6 is 22.7 Å². The second-order valence-electron chi connectivity index (χ2n) is 6.87. The molecule has 0 aliphatic heterocycles. The Balaban J connectivity index is 1.89. The van der Waals surface area contributed by atoms with Gasteiger partial charge in [-0.2, -0.15) is 0 Å². The van der Waals surface area contributed by atoms with Gasteiger partial charge in [0.15, 0.2) is 0 Å². The summed E-state index contributed by atoms with van der Waals surface area (Å²) in [5.41, 5.74) is 2.22. The Hall–Kier alpha value is -2.43. The molecule has 0 saturated carbocycles. The van der Waals surface area contributed by atoms with Crippen molar-refractivity contribution in [2.24, 2.45) is 0 Å². The molecule has 0 fully saturated rings. The van der Waals surface area contributed by atoms with Crippen molar-refractivity contribution in [2.75, 3.05) is 14.1 Å². The maximum absolute atomic E-state index is 12.6. The lowest BCUT2D eigenvalue weighted by Crippen LogP contribution is -2.24. The van der Waals surface area contributed by atoms with Gasteiger partial charge in [0, 0.05) is 51.5 Å². The molecule has 0 radical (unpaired) electrons. The van der Waals surface area contributed by atoms with Gasteiger partial charge in [0.05, 0.1) is 0 Å². The molecule has 1 amide bonds. The SMILES string of the molecule is C=C(c1cccs1)C(CC(=O)N(C)C)c1cccc2c1sc1ccccc12. The van der Waals surface area contributed by atoms with E-state index < -0.39 is 0 Å². The molecule has 0 aliphatic carbocycles. The molecule has 0 spiro atoms. The van der Waals surface area contributed by atoms with E-state index in [9.17, 15) is 4.79 Å². The molecule has 2 nitrogen and oxygen atoms in total. The summed E-state index contributed by atoms with van der Waals surface area (Å²) < 4.78 is 2.53. The highest BCUT2D eigenvalue weighted by atomic mass is 32.1. The monoisotopic (exact) mass is 391 g/mol. The molecule has 4 aromatic rings. The van der Waals surface area contributed by atoms with Crippen molar-refractivity contribution in [1.29, 1.82) is 0 Å². The summed E-state index contributed by atoms with van der Waals surface area (Å²) in [4.78, 5) is 15.4. The predicted molar refractivity (Wildman–Crippen MR) is 119 cm³/mol. The van der Waals surface area contributed by atoms with Crippen LogP contribution in [0.25, 0.3) is 25.7 Å². The van der Waals surface area contributed by atoms with E-state index in [1.165, 1.54) is 25.7 Å². The summed E-state index contributed by atoms with van der Waals surface area (Å²) in [6, 6.07) is 19.1. The molecule has 0 aliphatic rings.